The Morgan fingerprint density at radius 3 is 2.83 bits per heavy atom. The first-order chi connectivity index (χ1) is 5.70. The Morgan fingerprint density at radius 2 is 2.17 bits per heavy atom. The van der Waals surface area contributed by atoms with E-state index in [2.05, 4.69) is 35.2 Å². The number of hydrogen-bond acceptors (Lipinski definition) is 2. The van der Waals surface area contributed by atoms with E-state index in [1.54, 1.807) is 6.07 Å². The van der Waals surface area contributed by atoms with Crippen LogP contribution >= 0.6 is 46.6 Å². The van der Waals surface area contributed by atoms with Gasteiger partial charge in [0.25, 0.3) is 0 Å². The van der Waals surface area contributed by atoms with Gasteiger partial charge >= 0.3 is 0 Å². The lowest BCUT2D eigenvalue weighted by Crippen LogP contribution is -1.75. The number of halogens is 2. The lowest BCUT2D eigenvalue weighted by Gasteiger charge is -1.91. The highest BCUT2D eigenvalue weighted by Gasteiger charge is 2.09. The number of rotatable bonds is 0. The lowest BCUT2D eigenvalue weighted by molar-refractivity contribution is 0.639. The molecule has 0 nitrogen and oxygen atoms in total. The predicted octanol–water partition coefficient (Wildman–Crippen LogP) is 3.93. The molecule has 0 fully saturated rings. The number of thiophene rings is 1. The Bertz CT molecular complexity index is 436. The number of fused-ring (bicyclic) bond motifs is 1. The third-order valence-electron chi connectivity index (χ3n) is 1.59. The SMILES string of the molecule is Fc1cccc2sc(S)c(I)c12. The monoisotopic (exact) mass is 310 g/mol. The zero-order valence-corrected chi connectivity index (χ0v) is 9.71. The predicted molar refractivity (Wildman–Crippen MR) is 61.8 cm³/mol. The van der Waals surface area contributed by atoms with Crippen molar-refractivity contribution in [3.05, 3.63) is 27.6 Å². The minimum Gasteiger partial charge on any atom is -0.206 e. The van der Waals surface area contributed by atoms with Gasteiger partial charge in [-0.2, -0.15) is 0 Å². The average Bonchev–Trinajstić information content (AvgIpc) is 2.29. The lowest BCUT2D eigenvalue weighted by atomic mass is 10.2. The molecular formula is C8H4FIS2. The van der Waals surface area contributed by atoms with Crippen molar-refractivity contribution in [1.29, 1.82) is 0 Å². The van der Waals surface area contributed by atoms with Crippen LogP contribution in [0.2, 0.25) is 0 Å². The van der Waals surface area contributed by atoms with Crippen molar-refractivity contribution in [2.75, 3.05) is 0 Å². The molecule has 0 amide bonds. The van der Waals surface area contributed by atoms with E-state index in [0.717, 1.165) is 12.5 Å². The number of benzene rings is 1. The van der Waals surface area contributed by atoms with Crippen molar-refractivity contribution in [1.82, 2.24) is 0 Å². The standard InChI is InChI=1S/C8H4FIS2/c9-4-2-1-3-5-6(4)7(10)8(11)12-5/h1-3,11H. The van der Waals surface area contributed by atoms with Crippen molar-refractivity contribution in [2.24, 2.45) is 0 Å². The summed E-state index contributed by atoms with van der Waals surface area (Å²) in [5.74, 6) is -0.159. The summed E-state index contributed by atoms with van der Waals surface area (Å²) in [7, 11) is 0. The second-order valence-electron chi connectivity index (χ2n) is 2.33. The molecule has 0 aliphatic rings. The maximum Gasteiger partial charge on any atom is 0.132 e. The van der Waals surface area contributed by atoms with Crippen molar-refractivity contribution in [3.63, 3.8) is 0 Å². The molecule has 0 radical (unpaired) electrons. The summed E-state index contributed by atoms with van der Waals surface area (Å²) < 4.78 is 16.0. The van der Waals surface area contributed by atoms with Gasteiger partial charge in [0.05, 0.1) is 4.21 Å². The summed E-state index contributed by atoms with van der Waals surface area (Å²) in [6.45, 7) is 0. The van der Waals surface area contributed by atoms with Crippen LogP contribution in [0.1, 0.15) is 0 Å². The molecule has 0 spiro atoms. The summed E-state index contributed by atoms with van der Waals surface area (Å²) >= 11 is 7.88. The van der Waals surface area contributed by atoms with Gasteiger partial charge in [0.15, 0.2) is 0 Å². The maximum atomic E-state index is 13.2. The molecule has 0 unspecified atom stereocenters. The molecule has 4 heteroatoms. The minimum absolute atomic E-state index is 0.159. The average molecular weight is 310 g/mol. The largest absolute Gasteiger partial charge is 0.206 e. The molecule has 0 N–H and O–H groups in total. The van der Waals surface area contributed by atoms with E-state index < -0.39 is 0 Å². The fraction of sp³-hybridized carbons (Fsp3) is 0. The van der Waals surface area contributed by atoms with E-state index in [0.29, 0.717) is 5.39 Å². The highest BCUT2D eigenvalue weighted by Crippen LogP contribution is 2.35. The first kappa shape index (κ1) is 8.77. The van der Waals surface area contributed by atoms with Gasteiger partial charge in [-0.15, -0.1) is 24.0 Å². The van der Waals surface area contributed by atoms with Gasteiger partial charge in [-0.1, -0.05) is 6.07 Å². The summed E-state index contributed by atoms with van der Waals surface area (Å²) in [5.41, 5.74) is 0. The highest BCUT2D eigenvalue weighted by atomic mass is 127. The van der Waals surface area contributed by atoms with Gasteiger partial charge in [0.1, 0.15) is 5.82 Å². The van der Waals surface area contributed by atoms with E-state index in [1.807, 2.05) is 6.07 Å². The van der Waals surface area contributed by atoms with Crippen molar-refractivity contribution < 1.29 is 4.39 Å². The Kier molecular flexibility index (Phi) is 2.31. The first-order valence-corrected chi connectivity index (χ1v) is 5.60. The molecule has 1 aromatic heterocycles. The summed E-state index contributed by atoms with van der Waals surface area (Å²) in [6, 6.07) is 5.10. The summed E-state index contributed by atoms with van der Waals surface area (Å²) in [4.78, 5) is 0. The normalized spacial score (nSPS) is 10.9. The highest BCUT2D eigenvalue weighted by molar-refractivity contribution is 14.1. The Hall–Kier alpha value is 0.190. The molecule has 1 aromatic carbocycles. The van der Waals surface area contributed by atoms with Crippen LogP contribution in [-0.4, -0.2) is 0 Å². The molecule has 0 saturated heterocycles. The van der Waals surface area contributed by atoms with Gasteiger partial charge in [0.2, 0.25) is 0 Å². The molecule has 2 aromatic rings. The molecule has 1 heterocycles. The number of hydrogen-bond donors (Lipinski definition) is 1. The van der Waals surface area contributed by atoms with Crippen molar-refractivity contribution >= 4 is 56.6 Å². The van der Waals surface area contributed by atoms with Gasteiger partial charge in [0, 0.05) is 13.7 Å². The summed E-state index contributed by atoms with van der Waals surface area (Å²) in [6.07, 6.45) is 0. The van der Waals surface area contributed by atoms with Crippen LogP contribution in [0.3, 0.4) is 0 Å². The van der Waals surface area contributed by atoms with E-state index in [-0.39, 0.29) is 5.82 Å². The molecular weight excluding hydrogens is 306 g/mol. The second kappa shape index (κ2) is 3.16. The van der Waals surface area contributed by atoms with Crippen LogP contribution < -0.4 is 0 Å². The van der Waals surface area contributed by atoms with E-state index in [9.17, 15) is 4.39 Å². The van der Waals surface area contributed by atoms with E-state index in [4.69, 9.17) is 0 Å². The van der Waals surface area contributed by atoms with Gasteiger partial charge in [-0.05, 0) is 34.7 Å². The fourth-order valence-corrected chi connectivity index (χ4v) is 3.37. The third kappa shape index (κ3) is 1.25. The van der Waals surface area contributed by atoms with Crippen LogP contribution in [0.4, 0.5) is 4.39 Å². The maximum absolute atomic E-state index is 13.2. The number of thiol groups is 1. The molecule has 2 rings (SSSR count). The van der Waals surface area contributed by atoms with Gasteiger partial charge < -0.3 is 0 Å². The summed E-state index contributed by atoms with van der Waals surface area (Å²) in [5, 5.41) is 0.702. The smallest absolute Gasteiger partial charge is 0.132 e. The van der Waals surface area contributed by atoms with Gasteiger partial charge in [-0.25, -0.2) is 4.39 Å². The molecule has 12 heavy (non-hydrogen) atoms. The topological polar surface area (TPSA) is 0 Å². The molecule has 0 aliphatic heterocycles. The minimum atomic E-state index is -0.159. The van der Waals surface area contributed by atoms with Crippen LogP contribution in [0.15, 0.2) is 22.4 Å². The molecule has 62 valence electrons. The van der Waals surface area contributed by atoms with Crippen LogP contribution in [0, 0.1) is 9.39 Å². The van der Waals surface area contributed by atoms with E-state index >= 15 is 0 Å². The molecule has 0 saturated carbocycles. The zero-order valence-electron chi connectivity index (χ0n) is 5.84. The first-order valence-electron chi connectivity index (χ1n) is 3.25. The zero-order chi connectivity index (χ0) is 8.72. The Labute approximate surface area is 92.3 Å². The molecule has 0 atom stereocenters. The van der Waals surface area contributed by atoms with E-state index in [1.165, 1.54) is 17.4 Å². The Morgan fingerprint density at radius 1 is 1.42 bits per heavy atom. The second-order valence-corrected chi connectivity index (χ2v) is 5.21. The third-order valence-corrected chi connectivity index (χ3v) is 4.92. The van der Waals surface area contributed by atoms with Gasteiger partial charge in [-0.3, -0.25) is 0 Å². The van der Waals surface area contributed by atoms with Crippen LogP contribution in [0.5, 0.6) is 0 Å². The van der Waals surface area contributed by atoms with Crippen molar-refractivity contribution in [2.45, 2.75) is 4.21 Å². The molecule has 0 bridgehead atoms. The van der Waals surface area contributed by atoms with Crippen LogP contribution in [0.25, 0.3) is 10.1 Å². The quantitative estimate of drug-likeness (QED) is 0.553. The fourth-order valence-electron chi connectivity index (χ4n) is 1.06. The Balaban J connectivity index is 2.97. The van der Waals surface area contributed by atoms with Crippen LogP contribution in [-0.2, 0) is 0 Å². The molecule has 0 aliphatic carbocycles. The van der Waals surface area contributed by atoms with Crippen molar-refractivity contribution in [3.8, 4) is 0 Å².